The van der Waals surface area contributed by atoms with E-state index in [1.165, 1.54) is 12.5 Å². The first-order valence-corrected chi connectivity index (χ1v) is 11.3. The van der Waals surface area contributed by atoms with Gasteiger partial charge in [-0.1, -0.05) is 42.5 Å². The molecule has 0 radical (unpaired) electrons. The zero-order valence-electron chi connectivity index (χ0n) is 16.8. The van der Waals surface area contributed by atoms with Gasteiger partial charge in [0, 0.05) is 26.1 Å². The average Bonchev–Trinajstić information content (AvgIpc) is 3.52. The summed E-state index contributed by atoms with van der Waals surface area (Å²) in [6.45, 7) is 2.83. The number of hydrogen-bond acceptors (Lipinski definition) is 5. The molecule has 0 spiro atoms. The van der Waals surface area contributed by atoms with Crippen LogP contribution in [0.3, 0.4) is 0 Å². The lowest BCUT2D eigenvalue weighted by Crippen LogP contribution is -2.34. The summed E-state index contributed by atoms with van der Waals surface area (Å²) in [5, 5.41) is 0. The number of carbonyl (C=O) groups excluding carboxylic acids is 1. The van der Waals surface area contributed by atoms with Crippen LogP contribution in [0.25, 0.3) is 0 Å². The van der Waals surface area contributed by atoms with Crippen LogP contribution in [0.1, 0.15) is 30.4 Å². The predicted molar refractivity (Wildman–Crippen MR) is 111 cm³/mol. The van der Waals surface area contributed by atoms with Gasteiger partial charge >= 0.3 is 10.1 Å². The van der Waals surface area contributed by atoms with Gasteiger partial charge in [-0.3, -0.25) is 4.79 Å². The number of rotatable bonds is 10. The number of carbonyl (C=O) groups is 1. The fraction of sp³-hybridized carbons (Fsp3) is 0.409. The van der Waals surface area contributed by atoms with Crippen LogP contribution in [0.2, 0.25) is 0 Å². The third-order valence-corrected chi connectivity index (χ3v) is 6.21. The molecule has 1 aliphatic rings. The smallest absolute Gasteiger partial charge is 0.308 e. The Bertz CT molecular complexity index is 929. The summed E-state index contributed by atoms with van der Waals surface area (Å²) in [4.78, 5) is 14.9. The summed E-state index contributed by atoms with van der Waals surface area (Å²) in [6, 6.07) is 17.0. The molecule has 29 heavy (non-hydrogen) atoms. The van der Waals surface area contributed by atoms with Gasteiger partial charge in [0.25, 0.3) is 0 Å². The van der Waals surface area contributed by atoms with Crippen LogP contribution in [0, 0.1) is 5.92 Å². The fourth-order valence-electron chi connectivity index (χ4n) is 3.36. The van der Waals surface area contributed by atoms with Crippen molar-refractivity contribution in [2.45, 2.75) is 25.8 Å². The van der Waals surface area contributed by atoms with E-state index in [0.717, 1.165) is 12.0 Å². The molecule has 0 heterocycles. The van der Waals surface area contributed by atoms with Crippen molar-refractivity contribution in [3.05, 3.63) is 65.7 Å². The average molecular weight is 418 g/mol. The van der Waals surface area contributed by atoms with Gasteiger partial charge in [-0.2, -0.15) is 8.42 Å². The molecule has 1 saturated carbocycles. The first-order valence-electron chi connectivity index (χ1n) is 9.77. The van der Waals surface area contributed by atoms with Crippen molar-refractivity contribution in [2.24, 2.45) is 5.92 Å². The number of ether oxygens (including phenoxy) is 1. The van der Waals surface area contributed by atoms with E-state index in [-0.39, 0.29) is 29.2 Å². The van der Waals surface area contributed by atoms with Crippen molar-refractivity contribution in [3.63, 3.8) is 0 Å². The minimum atomic E-state index is -3.59. The van der Waals surface area contributed by atoms with Gasteiger partial charge in [-0.25, -0.2) is 0 Å². The van der Waals surface area contributed by atoms with Crippen LogP contribution in [-0.4, -0.2) is 45.2 Å². The Kier molecular flexibility index (Phi) is 6.92. The van der Waals surface area contributed by atoms with Crippen molar-refractivity contribution in [3.8, 4) is 5.75 Å². The van der Waals surface area contributed by atoms with E-state index in [9.17, 15) is 13.2 Å². The summed E-state index contributed by atoms with van der Waals surface area (Å²) in [7, 11) is -1.98. The Morgan fingerprint density at radius 3 is 2.59 bits per heavy atom. The van der Waals surface area contributed by atoms with Gasteiger partial charge in [0.1, 0.15) is 5.75 Å². The summed E-state index contributed by atoms with van der Waals surface area (Å²) in [5.41, 5.74) is 2.01. The van der Waals surface area contributed by atoms with E-state index in [2.05, 4.69) is 12.1 Å². The fourth-order valence-corrected chi connectivity index (χ4v) is 3.88. The molecule has 0 aliphatic heterocycles. The summed E-state index contributed by atoms with van der Waals surface area (Å²) >= 11 is 0. The third kappa shape index (κ3) is 5.81. The summed E-state index contributed by atoms with van der Waals surface area (Å²) in [5.74, 6) is 0.505. The minimum Gasteiger partial charge on any atom is -0.383 e. The van der Waals surface area contributed by atoms with E-state index < -0.39 is 10.1 Å². The maximum atomic E-state index is 13.1. The van der Waals surface area contributed by atoms with E-state index in [4.69, 9.17) is 8.92 Å². The largest absolute Gasteiger partial charge is 0.383 e. The van der Waals surface area contributed by atoms with Crippen LogP contribution in [0.5, 0.6) is 5.75 Å². The monoisotopic (exact) mass is 417 g/mol. The zero-order chi connectivity index (χ0) is 20.9. The Labute approximate surface area is 172 Å². The molecular weight excluding hydrogens is 390 g/mol. The van der Waals surface area contributed by atoms with E-state index >= 15 is 0 Å². The highest BCUT2D eigenvalue weighted by atomic mass is 32.2. The number of nitrogens with zero attached hydrogens (tertiary/aromatic N) is 1. The van der Waals surface area contributed by atoms with Crippen LogP contribution in [0.15, 0.2) is 54.6 Å². The van der Waals surface area contributed by atoms with E-state index in [1.54, 1.807) is 30.2 Å². The van der Waals surface area contributed by atoms with Crippen molar-refractivity contribution in [1.29, 1.82) is 0 Å². The first-order chi connectivity index (χ1) is 13.9. The summed E-state index contributed by atoms with van der Waals surface area (Å²) in [6.07, 6.45) is 0.851. The first kappa shape index (κ1) is 21.3. The number of amides is 1. The highest BCUT2D eigenvalue weighted by molar-refractivity contribution is 7.87. The normalized spacial score (nSPS) is 18.3. The van der Waals surface area contributed by atoms with Gasteiger partial charge in [0.15, 0.2) is 0 Å². The molecule has 156 valence electrons. The molecule has 0 N–H and O–H groups in total. The maximum Gasteiger partial charge on any atom is 0.308 e. The third-order valence-electron chi connectivity index (χ3n) is 5.06. The zero-order valence-corrected chi connectivity index (χ0v) is 17.6. The second-order valence-electron chi connectivity index (χ2n) is 7.19. The van der Waals surface area contributed by atoms with Gasteiger partial charge < -0.3 is 13.8 Å². The predicted octanol–water partition coefficient (Wildman–Crippen LogP) is 3.19. The molecule has 0 saturated heterocycles. The second-order valence-corrected chi connectivity index (χ2v) is 9.05. The molecule has 2 atom stereocenters. The summed E-state index contributed by atoms with van der Waals surface area (Å²) < 4.78 is 33.7. The van der Waals surface area contributed by atoms with Gasteiger partial charge in [0.05, 0.1) is 12.4 Å². The Balaban J connectivity index is 1.70. The Morgan fingerprint density at radius 1 is 1.14 bits per heavy atom. The Hall–Kier alpha value is -2.38. The molecule has 1 amide bonds. The van der Waals surface area contributed by atoms with Crippen molar-refractivity contribution in [2.75, 3.05) is 26.0 Å². The minimum absolute atomic E-state index is 0.0193. The lowest BCUT2D eigenvalue weighted by molar-refractivity contribution is -0.134. The maximum absolute atomic E-state index is 13.1. The van der Waals surface area contributed by atoms with Crippen molar-refractivity contribution >= 4 is 16.0 Å². The number of hydrogen-bond donors (Lipinski definition) is 0. The molecule has 1 aliphatic carbocycles. The van der Waals surface area contributed by atoms with E-state index in [0.29, 0.717) is 19.7 Å². The Morgan fingerprint density at radius 2 is 1.90 bits per heavy atom. The van der Waals surface area contributed by atoms with Gasteiger partial charge in [0.2, 0.25) is 5.91 Å². The van der Waals surface area contributed by atoms with Crippen LogP contribution < -0.4 is 4.18 Å². The molecular formula is C22H27NO5S. The van der Waals surface area contributed by atoms with Crippen molar-refractivity contribution in [1.82, 2.24) is 4.90 Å². The highest BCUT2D eigenvalue weighted by Crippen LogP contribution is 2.48. The van der Waals surface area contributed by atoms with Crippen LogP contribution in [0.4, 0.5) is 0 Å². The quantitative estimate of drug-likeness (QED) is 0.555. The number of methoxy groups -OCH3 is 1. The van der Waals surface area contributed by atoms with Crippen LogP contribution in [-0.2, 0) is 26.2 Å². The van der Waals surface area contributed by atoms with Gasteiger partial charge in [-0.05, 0) is 42.5 Å². The second kappa shape index (κ2) is 9.41. The lowest BCUT2D eigenvalue weighted by Gasteiger charge is -2.23. The highest BCUT2D eigenvalue weighted by Gasteiger charge is 2.45. The number of benzene rings is 2. The molecule has 3 rings (SSSR count). The molecule has 0 unspecified atom stereocenters. The molecule has 0 bridgehead atoms. The SMILES string of the molecule is CCS(=O)(=O)Oc1cccc(CN(CCOC)C(=O)[C@H]2C[C@H]2c2ccccc2)c1. The standard InChI is InChI=1S/C22H27NO5S/c1-3-29(25,26)28-19-11-7-8-17(14-19)16-23(12-13-27-2)22(24)21-15-20(21)18-9-5-4-6-10-18/h4-11,14,20-21H,3,12-13,15-16H2,1-2H3/t20-,21-/m0/s1. The van der Waals surface area contributed by atoms with Crippen molar-refractivity contribution < 1.29 is 22.1 Å². The molecule has 1 fully saturated rings. The van der Waals surface area contributed by atoms with Crippen LogP contribution >= 0.6 is 0 Å². The molecule has 0 aromatic heterocycles. The lowest BCUT2D eigenvalue weighted by atomic mass is 10.1. The molecule has 2 aromatic carbocycles. The van der Waals surface area contributed by atoms with E-state index in [1.807, 2.05) is 24.3 Å². The molecule has 2 aromatic rings. The van der Waals surface area contributed by atoms with Gasteiger partial charge in [-0.15, -0.1) is 0 Å². The molecule has 6 nitrogen and oxygen atoms in total. The topological polar surface area (TPSA) is 72.9 Å². The molecule has 7 heteroatoms.